The van der Waals surface area contributed by atoms with Crippen molar-refractivity contribution >= 4 is 23.2 Å². The zero-order valence-electron chi connectivity index (χ0n) is 12.6. The third-order valence-corrected chi connectivity index (χ3v) is 4.46. The van der Waals surface area contributed by atoms with Crippen LogP contribution in [0.5, 0.6) is 0 Å². The average Bonchev–Trinajstić information content (AvgIpc) is 2.49. The van der Waals surface area contributed by atoms with Gasteiger partial charge in [0.25, 0.3) is 0 Å². The fourth-order valence-electron chi connectivity index (χ4n) is 2.73. The molecular formula is C16H23ClN2O2. The maximum atomic E-state index is 12.3. The van der Waals surface area contributed by atoms with Gasteiger partial charge in [0.15, 0.2) is 0 Å². The van der Waals surface area contributed by atoms with Gasteiger partial charge in [-0.3, -0.25) is 9.69 Å². The molecule has 4 nitrogen and oxygen atoms in total. The predicted molar refractivity (Wildman–Crippen MR) is 85.5 cm³/mol. The summed E-state index contributed by atoms with van der Waals surface area (Å²) in [5, 5.41) is 13.3. The van der Waals surface area contributed by atoms with Crippen LogP contribution >= 0.6 is 11.6 Å². The molecule has 2 rings (SSSR count). The largest absolute Gasteiger partial charge is 0.393 e. The molecule has 2 N–H and O–H groups in total. The zero-order valence-corrected chi connectivity index (χ0v) is 13.3. The van der Waals surface area contributed by atoms with E-state index in [1.165, 1.54) is 0 Å². The molecule has 1 fully saturated rings. The minimum absolute atomic E-state index is 0.0245. The first-order chi connectivity index (χ1) is 9.97. The molecule has 1 heterocycles. The van der Waals surface area contributed by atoms with E-state index < -0.39 is 0 Å². The molecule has 1 aromatic rings. The number of anilines is 1. The summed E-state index contributed by atoms with van der Waals surface area (Å²) in [7, 11) is 0. The molecule has 1 aliphatic rings. The summed E-state index contributed by atoms with van der Waals surface area (Å²) >= 11 is 5.83. The number of likely N-dealkylation sites (tertiary alicyclic amines) is 1. The Hall–Kier alpha value is -1.10. The molecule has 3 unspecified atom stereocenters. The number of halogens is 1. The number of piperidine rings is 1. The highest BCUT2D eigenvalue weighted by Gasteiger charge is 2.29. The molecule has 21 heavy (non-hydrogen) atoms. The van der Waals surface area contributed by atoms with Gasteiger partial charge in [0.05, 0.1) is 12.1 Å². The lowest BCUT2D eigenvalue weighted by molar-refractivity contribution is -0.121. The van der Waals surface area contributed by atoms with Crippen molar-refractivity contribution < 1.29 is 9.90 Å². The monoisotopic (exact) mass is 310 g/mol. The van der Waals surface area contributed by atoms with Gasteiger partial charge in [0.2, 0.25) is 5.91 Å². The Kier molecular flexibility index (Phi) is 5.62. The smallest absolute Gasteiger partial charge is 0.241 e. The molecule has 1 amide bonds. The van der Waals surface area contributed by atoms with Crippen LogP contribution in [0, 0.1) is 5.92 Å². The van der Waals surface area contributed by atoms with Crippen LogP contribution in [0.4, 0.5) is 5.69 Å². The molecule has 3 atom stereocenters. The number of carbonyl (C=O) groups is 1. The highest BCUT2D eigenvalue weighted by Crippen LogP contribution is 2.22. The summed E-state index contributed by atoms with van der Waals surface area (Å²) in [6.07, 6.45) is 1.73. The molecule has 0 spiro atoms. The maximum Gasteiger partial charge on any atom is 0.241 e. The standard InChI is InChI=1S/C16H23ClN2O2/c1-11(19-9-3-4-13(10-19)12(2)20)16(21)18-15-7-5-14(17)6-8-15/h5-8,11-13,20H,3-4,9-10H2,1-2H3,(H,18,21). The fraction of sp³-hybridized carbons (Fsp3) is 0.562. The van der Waals surface area contributed by atoms with Gasteiger partial charge in [-0.1, -0.05) is 11.6 Å². The van der Waals surface area contributed by atoms with E-state index in [4.69, 9.17) is 11.6 Å². The van der Waals surface area contributed by atoms with Gasteiger partial charge >= 0.3 is 0 Å². The fourth-order valence-corrected chi connectivity index (χ4v) is 2.86. The summed E-state index contributed by atoms with van der Waals surface area (Å²) in [4.78, 5) is 14.5. The topological polar surface area (TPSA) is 52.6 Å². The van der Waals surface area contributed by atoms with E-state index in [0.29, 0.717) is 5.02 Å². The minimum Gasteiger partial charge on any atom is -0.393 e. The number of benzene rings is 1. The van der Waals surface area contributed by atoms with E-state index in [0.717, 1.165) is 31.6 Å². The van der Waals surface area contributed by atoms with Gasteiger partial charge < -0.3 is 10.4 Å². The Bertz CT molecular complexity index is 476. The summed E-state index contributed by atoms with van der Waals surface area (Å²) in [5.74, 6) is 0.230. The van der Waals surface area contributed by atoms with Crippen molar-refractivity contribution in [1.82, 2.24) is 4.90 Å². The predicted octanol–water partition coefficient (Wildman–Crippen LogP) is 2.76. The normalized spacial score (nSPS) is 22.6. The van der Waals surface area contributed by atoms with Crippen LogP contribution in [-0.4, -0.2) is 41.1 Å². The summed E-state index contributed by atoms with van der Waals surface area (Å²) in [5.41, 5.74) is 0.750. The van der Waals surface area contributed by atoms with E-state index in [1.807, 2.05) is 13.8 Å². The van der Waals surface area contributed by atoms with Crippen molar-refractivity contribution in [3.8, 4) is 0 Å². The number of nitrogens with zero attached hydrogens (tertiary/aromatic N) is 1. The lowest BCUT2D eigenvalue weighted by Gasteiger charge is -2.37. The highest BCUT2D eigenvalue weighted by atomic mass is 35.5. The van der Waals surface area contributed by atoms with Crippen LogP contribution in [0.1, 0.15) is 26.7 Å². The lowest BCUT2D eigenvalue weighted by Crippen LogP contribution is -2.48. The minimum atomic E-state index is -0.320. The molecule has 1 aromatic carbocycles. The molecule has 0 bridgehead atoms. The Morgan fingerprint density at radius 1 is 1.38 bits per heavy atom. The van der Waals surface area contributed by atoms with Gasteiger partial charge in [-0.25, -0.2) is 0 Å². The molecular weight excluding hydrogens is 288 g/mol. The Labute approximate surface area is 131 Å². The average molecular weight is 311 g/mol. The first-order valence-electron chi connectivity index (χ1n) is 7.46. The third kappa shape index (κ3) is 4.43. The number of hydrogen-bond acceptors (Lipinski definition) is 3. The van der Waals surface area contributed by atoms with Gasteiger partial charge in [-0.2, -0.15) is 0 Å². The van der Waals surface area contributed by atoms with Crippen molar-refractivity contribution in [3.63, 3.8) is 0 Å². The van der Waals surface area contributed by atoms with E-state index in [2.05, 4.69) is 10.2 Å². The third-order valence-electron chi connectivity index (χ3n) is 4.21. The first kappa shape index (κ1) is 16.3. The SMILES string of the molecule is CC(O)C1CCCN(C(C)C(=O)Nc2ccc(Cl)cc2)C1. The van der Waals surface area contributed by atoms with Crippen molar-refractivity contribution in [2.45, 2.75) is 38.8 Å². The quantitative estimate of drug-likeness (QED) is 0.899. The second-order valence-corrected chi connectivity index (χ2v) is 6.25. The van der Waals surface area contributed by atoms with Crippen molar-refractivity contribution in [1.29, 1.82) is 0 Å². The van der Waals surface area contributed by atoms with Crippen LogP contribution < -0.4 is 5.32 Å². The molecule has 0 saturated carbocycles. The van der Waals surface area contributed by atoms with E-state index in [-0.39, 0.29) is 24.0 Å². The molecule has 1 aliphatic heterocycles. The molecule has 0 radical (unpaired) electrons. The van der Waals surface area contributed by atoms with Crippen LogP contribution in [0.15, 0.2) is 24.3 Å². The number of carbonyl (C=O) groups excluding carboxylic acids is 1. The van der Waals surface area contributed by atoms with Crippen LogP contribution in [0.25, 0.3) is 0 Å². The van der Waals surface area contributed by atoms with Gasteiger partial charge in [-0.05, 0) is 63.4 Å². The highest BCUT2D eigenvalue weighted by molar-refractivity contribution is 6.30. The molecule has 5 heteroatoms. The van der Waals surface area contributed by atoms with Crippen molar-refractivity contribution in [2.24, 2.45) is 5.92 Å². The van der Waals surface area contributed by atoms with E-state index in [1.54, 1.807) is 24.3 Å². The molecule has 1 saturated heterocycles. The number of hydrogen-bond donors (Lipinski definition) is 2. The molecule has 116 valence electrons. The van der Waals surface area contributed by atoms with Crippen LogP contribution in [0.2, 0.25) is 5.02 Å². The molecule has 0 aromatic heterocycles. The first-order valence-corrected chi connectivity index (χ1v) is 7.83. The Balaban J connectivity index is 1.93. The summed E-state index contributed by atoms with van der Waals surface area (Å²) in [6, 6.07) is 6.89. The molecule has 0 aliphatic carbocycles. The van der Waals surface area contributed by atoms with Crippen molar-refractivity contribution in [3.05, 3.63) is 29.3 Å². The number of amides is 1. The van der Waals surface area contributed by atoms with Gasteiger partial charge in [0, 0.05) is 17.3 Å². The number of rotatable bonds is 4. The Morgan fingerprint density at radius 3 is 2.67 bits per heavy atom. The summed E-state index contributed by atoms with van der Waals surface area (Å²) in [6.45, 7) is 5.41. The van der Waals surface area contributed by atoms with Crippen LogP contribution in [0.3, 0.4) is 0 Å². The van der Waals surface area contributed by atoms with Crippen LogP contribution in [-0.2, 0) is 4.79 Å². The lowest BCUT2D eigenvalue weighted by atomic mass is 9.92. The van der Waals surface area contributed by atoms with Crippen molar-refractivity contribution in [2.75, 3.05) is 18.4 Å². The second-order valence-electron chi connectivity index (χ2n) is 5.81. The maximum absolute atomic E-state index is 12.3. The Morgan fingerprint density at radius 2 is 2.05 bits per heavy atom. The number of aliphatic hydroxyl groups excluding tert-OH is 1. The number of aliphatic hydroxyl groups is 1. The van der Waals surface area contributed by atoms with Gasteiger partial charge in [-0.15, -0.1) is 0 Å². The van der Waals surface area contributed by atoms with E-state index >= 15 is 0 Å². The number of nitrogens with one attached hydrogen (secondary N) is 1. The summed E-state index contributed by atoms with van der Waals surface area (Å²) < 4.78 is 0. The van der Waals surface area contributed by atoms with Gasteiger partial charge in [0.1, 0.15) is 0 Å². The van der Waals surface area contributed by atoms with E-state index in [9.17, 15) is 9.90 Å². The zero-order chi connectivity index (χ0) is 15.4. The second kappa shape index (κ2) is 7.25.